The van der Waals surface area contributed by atoms with Gasteiger partial charge in [0.2, 0.25) is 0 Å². The highest BCUT2D eigenvalue weighted by molar-refractivity contribution is 7.19. The van der Waals surface area contributed by atoms with E-state index in [-0.39, 0.29) is 6.09 Å². The van der Waals surface area contributed by atoms with Crippen LogP contribution in [0.5, 0.6) is 0 Å². The number of nitrogens with zero attached hydrogens (tertiary/aromatic N) is 4. The van der Waals surface area contributed by atoms with Crippen LogP contribution < -0.4 is 9.80 Å². The summed E-state index contributed by atoms with van der Waals surface area (Å²) in [7, 11) is 0. The first-order valence-electron chi connectivity index (χ1n) is 12.7. The third kappa shape index (κ3) is 5.25. The van der Waals surface area contributed by atoms with E-state index >= 15 is 0 Å². The molecule has 1 atom stereocenters. The van der Waals surface area contributed by atoms with Gasteiger partial charge in [-0.25, -0.2) is 9.78 Å². The standard InChI is InChI=1S/C28H36N4O2S/c1-19-10-11-32(18-19)25-17-23(29-24-16-20(2)35-26(24)25)21-6-8-22(9-7-21)30-12-14-31(15-13-30)27(33)34-28(3,4)5/h6-9,16-17,19H,10-15,18H2,1-5H3. The number of aromatic nitrogens is 1. The van der Waals surface area contributed by atoms with E-state index in [1.165, 1.54) is 27.4 Å². The van der Waals surface area contributed by atoms with Crippen LogP contribution in [0.2, 0.25) is 0 Å². The normalized spacial score (nSPS) is 19.0. The Morgan fingerprint density at radius 2 is 1.74 bits per heavy atom. The van der Waals surface area contributed by atoms with Gasteiger partial charge in [-0.1, -0.05) is 19.1 Å². The van der Waals surface area contributed by atoms with Gasteiger partial charge in [0.15, 0.2) is 0 Å². The minimum absolute atomic E-state index is 0.221. The fourth-order valence-corrected chi connectivity index (χ4v) is 5.97. The molecule has 1 aromatic carbocycles. The Morgan fingerprint density at radius 3 is 2.37 bits per heavy atom. The second kappa shape index (κ2) is 9.34. The molecular formula is C28H36N4O2S. The van der Waals surface area contributed by atoms with Gasteiger partial charge in [-0.15, -0.1) is 11.3 Å². The third-order valence-electron chi connectivity index (χ3n) is 6.81. The maximum absolute atomic E-state index is 12.4. The number of ether oxygens (including phenoxy) is 1. The van der Waals surface area contributed by atoms with Gasteiger partial charge < -0.3 is 19.4 Å². The summed E-state index contributed by atoms with van der Waals surface area (Å²) in [6.45, 7) is 15.4. The highest BCUT2D eigenvalue weighted by Crippen LogP contribution is 2.38. The molecule has 2 aliphatic heterocycles. The number of piperazine rings is 1. The summed E-state index contributed by atoms with van der Waals surface area (Å²) in [5, 5.41) is 0. The number of aryl methyl sites for hydroxylation is 1. The zero-order valence-electron chi connectivity index (χ0n) is 21.5. The largest absolute Gasteiger partial charge is 0.444 e. The second-order valence-corrected chi connectivity index (χ2v) is 12.2. The van der Waals surface area contributed by atoms with Crippen molar-refractivity contribution in [2.45, 2.75) is 46.6 Å². The topological polar surface area (TPSA) is 48.9 Å². The number of hydrogen-bond donors (Lipinski definition) is 0. The molecule has 5 rings (SSSR count). The number of anilines is 2. The second-order valence-electron chi connectivity index (χ2n) is 10.9. The van der Waals surface area contributed by atoms with Gasteiger partial charge in [0.1, 0.15) is 5.60 Å². The number of rotatable bonds is 3. The molecule has 3 aromatic rings. The molecule has 35 heavy (non-hydrogen) atoms. The Balaban J connectivity index is 1.32. The van der Waals surface area contributed by atoms with E-state index in [0.717, 1.165) is 48.9 Å². The molecule has 2 aromatic heterocycles. The number of thiophene rings is 1. The highest BCUT2D eigenvalue weighted by Gasteiger charge is 2.26. The van der Waals surface area contributed by atoms with Crippen molar-refractivity contribution >= 4 is 39.0 Å². The van der Waals surface area contributed by atoms with Crippen molar-refractivity contribution in [2.24, 2.45) is 5.92 Å². The SMILES string of the molecule is Cc1cc2nc(-c3ccc(N4CCN(C(=O)OC(C)(C)C)CC4)cc3)cc(N3CCC(C)C3)c2s1. The Morgan fingerprint density at radius 1 is 1.03 bits per heavy atom. The molecular weight excluding hydrogens is 456 g/mol. The van der Waals surface area contributed by atoms with Gasteiger partial charge >= 0.3 is 6.09 Å². The summed E-state index contributed by atoms with van der Waals surface area (Å²) >= 11 is 1.85. The Kier molecular flexibility index (Phi) is 6.38. The molecule has 7 heteroatoms. The average molecular weight is 493 g/mol. The molecule has 6 nitrogen and oxygen atoms in total. The van der Waals surface area contributed by atoms with Crippen LogP contribution in [0.25, 0.3) is 21.5 Å². The van der Waals surface area contributed by atoms with Gasteiger partial charge in [-0.2, -0.15) is 0 Å². The average Bonchev–Trinajstić information content (AvgIpc) is 3.42. The van der Waals surface area contributed by atoms with E-state index in [0.29, 0.717) is 13.1 Å². The molecule has 0 aliphatic carbocycles. The quantitative estimate of drug-likeness (QED) is 0.437. The summed E-state index contributed by atoms with van der Waals surface area (Å²) in [5.74, 6) is 0.734. The lowest BCUT2D eigenvalue weighted by Crippen LogP contribution is -2.50. The molecule has 0 saturated carbocycles. The number of amides is 1. The zero-order chi connectivity index (χ0) is 24.7. The van der Waals surface area contributed by atoms with Crippen LogP contribution in [-0.4, -0.2) is 60.8 Å². The third-order valence-corrected chi connectivity index (χ3v) is 7.87. The summed E-state index contributed by atoms with van der Waals surface area (Å²) in [6, 6.07) is 13.2. The Bertz CT molecular complexity index is 1210. The minimum atomic E-state index is -0.463. The number of carbonyl (C=O) groups is 1. The van der Waals surface area contributed by atoms with E-state index in [1.807, 2.05) is 32.1 Å². The van der Waals surface area contributed by atoms with E-state index in [1.54, 1.807) is 4.90 Å². The first kappa shape index (κ1) is 23.9. The summed E-state index contributed by atoms with van der Waals surface area (Å²) in [5.41, 5.74) is 5.32. The van der Waals surface area contributed by atoms with E-state index in [2.05, 4.69) is 60.0 Å². The molecule has 4 heterocycles. The number of fused-ring (bicyclic) bond motifs is 1. The van der Waals surface area contributed by atoms with E-state index in [4.69, 9.17) is 9.72 Å². The van der Waals surface area contributed by atoms with E-state index < -0.39 is 5.60 Å². The molecule has 0 spiro atoms. The van der Waals surface area contributed by atoms with Gasteiger partial charge in [0, 0.05) is 55.4 Å². The summed E-state index contributed by atoms with van der Waals surface area (Å²) in [4.78, 5) is 25.4. The fraction of sp³-hybridized carbons (Fsp3) is 0.500. The highest BCUT2D eigenvalue weighted by atomic mass is 32.1. The molecule has 2 aliphatic rings. The predicted molar refractivity (Wildman–Crippen MR) is 146 cm³/mol. The van der Waals surface area contributed by atoms with Crippen LogP contribution in [0, 0.1) is 12.8 Å². The van der Waals surface area contributed by atoms with E-state index in [9.17, 15) is 4.79 Å². The Hall–Kier alpha value is -2.80. The van der Waals surface area contributed by atoms with Crippen molar-refractivity contribution < 1.29 is 9.53 Å². The maximum atomic E-state index is 12.4. The smallest absolute Gasteiger partial charge is 0.410 e. The number of benzene rings is 1. The number of hydrogen-bond acceptors (Lipinski definition) is 6. The van der Waals surface area contributed by atoms with Crippen LogP contribution in [-0.2, 0) is 4.74 Å². The fourth-order valence-electron chi connectivity index (χ4n) is 4.98. The lowest BCUT2D eigenvalue weighted by atomic mass is 10.1. The molecule has 186 valence electrons. The molecule has 1 unspecified atom stereocenters. The van der Waals surface area contributed by atoms with Crippen molar-refractivity contribution in [1.29, 1.82) is 0 Å². The monoisotopic (exact) mass is 492 g/mol. The first-order chi connectivity index (χ1) is 16.7. The van der Waals surface area contributed by atoms with Crippen molar-refractivity contribution in [1.82, 2.24) is 9.88 Å². The number of carbonyl (C=O) groups excluding carboxylic acids is 1. The van der Waals surface area contributed by atoms with Crippen molar-refractivity contribution in [2.75, 3.05) is 49.1 Å². The van der Waals surface area contributed by atoms with Crippen molar-refractivity contribution in [3.8, 4) is 11.3 Å². The molecule has 1 amide bonds. The summed E-state index contributed by atoms with van der Waals surface area (Å²) in [6.07, 6.45) is 1.03. The van der Waals surface area contributed by atoms with Gasteiger partial charge in [-0.3, -0.25) is 0 Å². The molecule has 2 fully saturated rings. The predicted octanol–water partition coefficient (Wildman–Crippen LogP) is 6.18. The van der Waals surface area contributed by atoms with Crippen LogP contribution in [0.4, 0.5) is 16.2 Å². The van der Waals surface area contributed by atoms with Gasteiger partial charge in [0.25, 0.3) is 0 Å². The lowest BCUT2D eigenvalue weighted by Gasteiger charge is -2.36. The molecule has 0 bridgehead atoms. The van der Waals surface area contributed by atoms with Gasteiger partial charge in [-0.05, 0) is 64.3 Å². The van der Waals surface area contributed by atoms with Crippen LogP contribution in [0.1, 0.15) is 39.0 Å². The maximum Gasteiger partial charge on any atom is 0.410 e. The van der Waals surface area contributed by atoms with Crippen molar-refractivity contribution in [3.05, 3.63) is 41.3 Å². The van der Waals surface area contributed by atoms with Crippen LogP contribution >= 0.6 is 11.3 Å². The Labute approximate surface area is 212 Å². The molecule has 0 radical (unpaired) electrons. The summed E-state index contributed by atoms with van der Waals surface area (Å²) < 4.78 is 6.83. The minimum Gasteiger partial charge on any atom is -0.444 e. The van der Waals surface area contributed by atoms with Gasteiger partial charge in [0.05, 0.1) is 21.6 Å². The van der Waals surface area contributed by atoms with Crippen molar-refractivity contribution in [3.63, 3.8) is 0 Å². The zero-order valence-corrected chi connectivity index (χ0v) is 22.3. The number of pyridine rings is 1. The van der Waals surface area contributed by atoms with Crippen LogP contribution in [0.15, 0.2) is 36.4 Å². The lowest BCUT2D eigenvalue weighted by molar-refractivity contribution is 0.0240. The first-order valence-corrected chi connectivity index (χ1v) is 13.5. The molecule has 2 saturated heterocycles. The molecule has 0 N–H and O–H groups in total. The van der Waals surface area contributed by atoms with Crippen LogP contribution in [0.3, 0.4) is 0 Å².